The van der Waals surface area contributed by atoms with E-state index in [1.165, 1.54) is 11.1 Å². The van der Waals surface area contributed by atoms with Crippen LogP contribution in [0.3, 0.4) is 0 Å². The molecule has 3 rings (SSSR count). The molecule has 1 aliphatic carbocycles. The fourth-order valence-corrected chi connectivity index (χ4v) is 3.16. The summed E-state index contributed by atoms with van der Waals surface area (Å²) in [5.74, 6) is 0. The van der Waals surface area contributed by atoms with Crippen molar-refractivity contribution < 1.29 is 0 Å². The average molecular weight is 378 g/mol. The van der Waals surface area contributed by atoms with Gasteiger partial charge in [-0.1, -0.05) is 46.3 Å². The van der Waals surface area contributed by atoms with Crippen LogP contribution in [0.15, 0.2) is 67.7 Å². The van der Waals surface area contributed by atoms with Crippen LogP contribution in [0.2, 0.25) is 0 Å². The van der Waals surface area contributed by atoms with Crippen molar-refractivity contribution in [3.8, 4) is 0 Å². The minimum absolute atomic E-state index is 0.827. The maximum absolute atomic E-state index is 4.37. The Kier molecular flexibility index (Phi) is 3.62. The second kappa shape index (κ2) is 5.39. The summed E-state index contributed by atoms with van der Waals surface area (Å²) in [6, 6.07) is 14.1. The van der Waals surface area contributed by atoms with Gasteiger partial charge in [-0.05, 0) is 46.1 Å². The fraction of sp³-hybridized carbons (Fsp3) is 0.0667. The van der Waals surface area contributed by atoms with E-state index < -0.39 is 0 Å². The lowest BCUT2D eigenvalue weighted by Crippen LogP contribution is -1.80. The summed E-state index contributed by atoms with van der Waals surface area (Å²) < 4.78 is 1.95. The van der Waals surface area contributed by atoms with Crippen LogP contribution < -0.4 is 0 Å². The van der Waals surface area contributed by atoms with Crippen LogP contribution in [-0.2, 0) is 6.42 Å². The van der Waals surface area contributed by atoms with Gasteiger partial charge in [0.1, 0.15) is 0 Å². The van der Waals surface area contributed by atoms with Crippen molar-refractivity contribution >= 4 is 43.2 Å². The lowest BCUT2D eigenvalue weighted by molar-refractivity contribution is 1.23. The molecule has 2 aromatic rings. The Morgan fingerprint density at radius 3 is 2.63 bits per heavy atom. The fourth-order valence-electron chi connectivity index (χ4n) is 2.03. The molecular weight excluding hydrogens is 368 g/mol. The molecule has 0 atom stereocenters. The zero-order valence-electron chi connectivity index (χ0n) is 9.98. The molecule has 0 bridgehead atoms. The number of benzene rings is 2. The Labute approximate surface area is 128 Å². The number of hydrogen-bond donors (Lipinski definition) is 0. The van der Waals surface area contributed by atoms with Crippen LogP contribution in [0.25, 0.3) is 5.70 Å². The summed E-state index contributed by atoms with van der Waals surface area (Å²) in [5.41, 5.74) is 4.27. The molecule has 0 aromatic heterocycles. The second-order valence-corrected chi connectivity index (χ2v) is 6.02. The van der Waals surface area contributed by atoms with Gasteiger partial charge in [0.2, 0.25) is 0 Å². The van der Waals surface area contributed by atoms with E-state index in [2.05, 4.69) is 66.4 Å². The van der Waals surface area contributed by atoms with Crippen molar-refractivity contribution in [2.24, 2.45) is 10.2 Å². The van der Waals surface area contributed by atoms with Gasteiger partial charge in [-0.3, -0.25) is 0 Å². The van der Waals surface area contributed by atoms with Crippen LogP contribution in [0.1, 0.15) is 11.1 Å². The Morgan fingerprint density at radius 1 is 0.947 bits per heavy atom. The molecule has 0 saturated heterocycles. The van der Waals surface area contributed by atoms with E-state index >= 15 is 0 Å². The second-order valence-electron chi connectivity index (χ2n) is 4.25. The van der Waals surface area contributed by atoms with E-state index in [-0.39, 0.29) is 0 Å². The van der Waals surface area contributed by atoms with Crippen molar-refractivity contribution in [1.82, 2.24) is 0 Å². The quantitative estimate of drug-likeness (QED) is 0.582. The van der Waals surface area contributed by atoms with E-state index in [0.29, 0.717) is 0 Å². The highest BCUT2D eigenvalue weighted by Gasteiger charge is 2.12. The van der Waals surface area contributed by atoms with Gasteiger partial charge in [0.15, 0.2) is 0 Å². The number of rotatable bonds is 2. The van der Waals surface area contributed by atoms with Crippen molar-refractivity contribution in [3.63, 3.8) is 0 Å². The standard InChI is InChI=1S/C15H10Br2N2/c16-11-6-8-15(13(17)9-11)19-18-14-7-5-10-3-1-2-4-12(10)14/h1-4,6-9H,5H2. The molecule has 4 heteroatoms. The average Bonchev–Trinajstić information content (AvgIpc) is 2.81. The van der Waals surface area contributed by atoms with Crippen LogP contribution in [-0.4, -0.2) is 0 Å². The van der Waals surface area contributed by atoms with Crippen molar-refractivity contribution in [2.45, 2.75) is 6.42 Å². The zero-order chi connectivity index (χ0) is 13.2. The maximum Gasteiger partial charge on any atom is 0.0999 e. The van der Waals surface area contributed by atoms with Gasteiger partial charge in [-0.25, -0.2) is 0 Å². The topological polar surface area (TPSA) is 24.7 Å². The molecule has 1 aliphatic rings. The largest absolute Gasteiger partial charge is 0.150 e. The molecule has 0 heterocycles. The monoisotopic (exact) mass is 376 g/mol. The summed E-state index contributed by atoms with van der Waals surface area (Å²) in [6.07, 6.45) is 3.05. The number of allylic oxidation sites excluding steroid dienone is 1. The van der Waals surface area contributed by atoms with Gasteiger partial charge in [-0.15, -0.1) is 5.11 Å². The van der Waals surface area contributed by atoms with Gasteiger partial charge in [0, 0.05) is 14.5 Å². The van der Waals surface area contributed by atoms with E-state index in [0.717, 1.165) is 26.8 Å². The van der Waals surface area contributed by atoms with Crippen molar-refractivity contribution in [3.05, 3.63) is 68.6 Å². The molecular formula is C15H10Br2N2. The van der Waals surface area contributed by atoms with Gasteiger partial charge < -0.3 is 0 Å². The summed E-state index contributed by atoms with van der Waals surface area (Å²) in [5, 5.41) is 8.68. The molecule has 0 N–H and O–H groups in total. The molecule has 19 heavy (non-hydrogen) atoms. The van der Waals surface area contributed by atoms with Gasteiger partial charge in [-0.2, -0.15) is 5.11 Å². The molecule has 94 valence electrons. The highest BCUT2D eigenvalue weighted by Crippen LogP contribution is 2.32. The minimum atomic E-state index is 0.827. The first kappa shape index (κ1) is 12.8. The number of fused-ring (bicyclic) bond motifs is 1. The number of nitrogens with zero attached hydrogens (tertiary/aromatic N) is 2. The lowest BCUT2D eigenvalue weighted by atomic mass is 10.1. The molecule has 2 nitrogen and oxygen atoms in total. The molecule has 0 fully saturated rings. The SMILES string of the molecule is Brc1ccc(N=NC2=CCc3ccccc32)c(Br)c1. The minimum Gasteiger partial charge on any atom is -0.150 e. The Bertz CT molecular complexity index is 690. The smallest absolute Gasteiger partial charge is 0.0999 e. The van der Waals surface area contributed by atoms with E-state index in [9.17, 15) is 0 Å². The third-order valence-electron chi connectivity index (χ3n) is 2.98. The predicted octanol–water partition coefficient (Wildman–Crippen LogP) is 5.89. The summed E-state index contributed by atoms with van der Waals surface area (Å²) >= 11 is 6.91. The molecule has 0 amide bonds. The zero-order valence-corrected chi connectivity index (χ0v) is 13.1. The molecule has 0 radical (unpaired) electrons. The maximum atomic E-state index is 4.37. The summed E-state index contributed by atoms with van der Waals surface area (Å²) in [6.45, 7) is 0. The first-order valence-electron chi connectivity index (χ1n) is 5.89. The third-order valence-corrected chi connectivity index (χ3v) is 4.11. The first-order valence-corrected chi connectivity index (χ1v) is 7.48. The Morgan fingerprint density at radius 2 is 1.79 bits per heavy atom. The third kappa shape index (κ3) is 2.69. The van der Waals surface area contributed by atoms with Crippen LogP contribution in [0.4, 0.5) is 5.69 Å². The van der Waals surface area contributed by atoms with Crippen molar-refractivity contribution in [1.29, 1.82) is 0 Å². The Hall–Kier alpha value is -1.26. The molecule has 2 aromatic carbocycles. The van der Waals surface area contributed by atoms with Crippen LogP contribution in [0.5, 0.6) is 0 Å². The number of hydrogen-bond acceptors (Lipinski definition) is 2. The van der Waals surface area contributed by atoms with Crippen molar-refractivity contribution in [2.75, 3.05) is 0 Å². The van der Waals surface area contributed by atoms with Gasteiger partial charge >= 0.3 is 0 Å². The number of halogens is 2. The highest BCUT2D eigenvalue weighted by atomic mass is 79.9. The van der Waals surface area contributed by atoms with E-state index in [1.54, 1.807) is 0 Å². The normalized spacial score (nSPS) is 13.7. The Balaban J connectivity index is 1.89. The van der Waals surface area contributed by atoms with Crippen LogP contribution in [0, 0.1) is 0 Å². The summed E-state index contributed by atoms with van der Waals surface area (Å²) in [4.78, 5) is 0. The first-order chi connectivity index (χ1) is 9.24. The molecule has 0 unspecified atom stereocenters. The molecule has 0 spiro atoms. The highest BCUT2D eigenvalue weighted by molar-refractivity contribution is 9.11. The van der Waals surface area contributed by atoms with Crippen LogP contribution >= 0.6 is 31.9 Å². The lowest BCUT2D eigenvalue weighted by Gasteiger charge is -2.00. The van der Waals surface area contributed by atoms with Gasteiger partial charge in [0.25, 0.3) is 0 Å². The molecule has 0 aliphatic heterocycles. The predicted molar refractivity (Wildman–Crippen MR) is 84.5 cm³/mol. The van der Waals surface area contributed by atoms with Gasteiger partial charge in [0.05, 0.1) is 11.4 Å². The van der Waals surface area contributed by atoms with E-state index in [4.69, 9.17) is 0 Å². The van der Waals surface area contributed by atoms with E-state index in [1.807, 2.05) is 24.3 Å². The number of azo groups is 1. The summed E-state index contributed by atoms with van der Waals surface area (Å²) in [7, 11) is 0. The molecule has 0 saturated carbocycles.